The molecule has 0 aromatic carbocycles. The molecule has 2 aromatic heterocycles. The van der Waals surface area contributed by atoms with Crippen molar-refractivity contribution < 1.29 is 0 Å². The number of hydrogen-bond donors (Lipinski definition) is 1. The summed E-state index contributed by atoms with van der Waals surface area (Å²) in [5, 5.41) is 7.47. The lowest BCUT2D eigenvalue weighted by molar-refractivity contribution is 0.660. The highest BCUT2D eigenvalue weighted by molar-refractivity contribution is 9.10. The molecule has 0 spiro atoms. The molecule has 0 aliphatic carbocycles. The summed E-state index contributed by atoms with van der Waals surface area (Å²) in [6.07, 6.45) is 3.81. The lowest BCUT2D eigenvalue weighted by Crippen LogP contribution is -2.00. The van der Waals surface area contributed by atoms with Crippen molar-refractivity contribution in [2.45, 2.75) is 20.0 Å². The molecule has 4 nitrogen and oxygen atoms in total. The predicted molar refractivity (Wildman–Crippen MR) is 67.2 cm³/mol. The van der Waals surface area contributed by atoms with Gasteiger partial charge in [-0.05, 0) is 35.0 Å². The van der Waals surface area contributed by atoms with Crippen molar-refractivity contribution in [3.63, 3.8) is 0 Å². The SMILES string of the molecule is CCn1cc(NCc2cccc(Br)n2)cn1. The van der Waals surface area contributed by atoms with Gasteiger partial charge in [0.15, 0.2) is 0 Å². The van der Waals surface area contributed by atoms with Crippen molar-refractivity contribution in [2.24, 2.45) is 0 Å². The maximum Gasteiger partial charge on any atom is 0.106 e. The Bertz CT molecular complexity index is 467. The molecule has 84 valence electrons. The first-order valence-corrected chi connectivity index (χ1v) is 5.95. The summed E-state index contributed by atoms with van der Waals surface area (Å²) < 4.78 is 2.74. The normalized spacial score (nSPS) is 10.4. The van der Waals surface area contributed by atoms with E-state index in [0.717, 1.165) is 22.5 Å². The zero-order valence-electron chi connectivity index (χ0n) is 9.02. The minimum absolute atomic E-state index is 0.703. The standard InChI is InChI=1S/C11H13BrN4/c1-2-16-8-10(7-14-16)13-6-9-4-3-5-11(12)15-9/h3-5,7-8,13H,2,6H2,1H3. The van der Waals surface area contributed by atoms with Crippen LogP contribution < -0.4 is 5.32 Å². The fourth-order valence-corrected chi connectivity index (χ4v) is 1.75. The first-order valence-electron chi connectivity index (χ1n) is 5.15. The van der Waals surface area contributed by atoms with Gasteiger partial charge in [-0.25, -0.2) is 4.98 Å². The number of nitrogens with zero attached hydrogens (tertiary/aromatic N) is 3. The Morgan fingerprint density at radius 1 is 1.44 bits per heavy atom. The topological polar surface area (TPSA) is 42.7 Å². The summed E-state index contributed by atoms with van der Waals surface area (Å²) in [5.41, 5.74) is 2.02. The highest BCUT2D eigenvalue weighted by Crippen LogP contribution is 2.09. The largest absolute Gasteiger partial charge is 0.377 e. The summed E-state index contributed by atoms with van der Waals surface area (Å²) >= 11 is 3.35. The van der Waals surface area contributed by atoms with Gasteiger partial charge in [0.1, 0.15) is 4.60 Å². The fraction of sp³-hybridized carbons (Fsp3) is 0.273. The molecular weight excluding hydrogens is 268 g/mol. The lowest BCUT2D eigenvalue weighted by Gasteiger charge is -2.02. The first-order chi connectivity index (χ1) is 7.78. The van der Waals surface area contributed by atoms with Gasteiger partial charge in [-0.1, -0.05) is 6.07 Å². The highest BCUT2D eigenvalue weighted by atomic mass is 79.9. The van der Waals surface area contributed by atoms with E-state index in [0.29, 0.717) is 6.54 Å². The van der Waals surface area contributed by atoms with Crippen LogP contribution in [0.2, 0.25) is 0 Å². The smallest absolute Gasteiger partial charge is 0.106 e. The molecule has 0 saturated carbocycles. The number of halogens is 1. The summed E-state index contributed by atoms with van der Waals surface area (Å²) in [5.74, 6) is 0. The summed E-state index contributed by atoms with van der Waals surface area (Å²) in [7, 11) is 0. The second kappa shape index (κ2) is 5.12. The molecule has 16 heavy (non-hydrogen) atoms. The van der Waals surface area contributed by atoms with Crippen LogP contribution in [0.3, 0.4) is 0 Å². The van der Waals surface area contributed by atoms with Crippen molar-refractivity contribution in [3.8, 4) is 0 Å². The van der Waals surface area contributed by atoms with Gasteiger partial charge in [-0.2, -0.15) is 5.10 Å². The molecule has 0 saturated heterocycles. The van der Waals surface area contributed by atoms with Gasteiger partial charge in [0.2, 0.25) is 0 Å². The van der Waals surface area contributed by atoms with Gasteiger partial charge < -0.3 is 5.32 Å². The van der Waals surface area contributed by atoms with Crippen molar-refractivity contribution in [2.75, 3.05) is 5.32 Å². The van der Waals surface area contributed by atoms with Gasteiger partial charge >= 0.3 is 0 Å². The third kappa shape index (κ3) is 2.82. The minimum atomic E-state index is 0.703. The van der Waals surface area contributed by atoms with E-state index in [1.807, 2.05) is 35.3 Å². The van der Waals surface area contributed by atoms with Crippen LogP contribution in [-0.2, 0) is 13.1 Å². The molecule has 5 heteroatoms. The number of pyridine rings is 1. The van der Waals surface area contributed by atoms with E-state index in [-0.39, 0.29) is 0 Å². The Morgan fingerprint density at radius 2 is 2.31 bits per heavy atom. The van der Waals surface area contributed by atoms with E-state index in [4.69, 9.17) is 0 Å². The fourth-order valence-electron chi connectivity index (χ4n) is 1.37. The van der Waals surface area contributed by atoms with Gasteiger partial charge in [0, 0.05) is 12.7 Å². The van der Waals surface area contributed by atoms with Gasteiger partial charge in [-0.3, -0.25) is 4.68 Å². The number of aryl methyl sites for hydroxylation is 1. The van der Waals surface area contributed by atoms with Crippen LogP contribution in [-0.4, -0.2) is 14.8 Å². The Hall–Kier alpha value is -1.36. The Labute approximate surface area is 103 Å². The lowest BCUT2D eigenvalue weighted by atomic mass is 10.3. The third-order valence-electron chi connectivity index (χ3n) is 2.20. The Kier molecular flexibility index (Phi) is 3.56. The second-order valence-electron chi connectivity index (χ2n) is 3.39. The summed E-state index contributed by atoms with van der Waals surface area (Å²) in [6, 6.07) is 5.88. The molecule has 0 amide bonds. The summed E-state index contributed by atoms with van der Waals surface area (Å²) in [6.45, 7) is 3.65. The number of aromatic nitrogens is 3. The number of hydrogen-bond acceptors (Lipinski definition) is 3. The highest BCUT2D eigenvalue weighted by Gasteiger charge is 1.98. The maximum atomic E-state index is 4.34. The van der Waals surface area contributed by atoms with Crippen molar-refractivity contribution in [1.29, 1.82) is 0 Å². The molecule has 0 atom stereocenters. The molecule has 0 radical (unpaired) electrons. The van der Waals surface area contributed by atoms with E-state index in [9.17, 15) is 0 Å². The molecule has 0 bridgehead atoms. The van der Waals surface area contributed by atoms with Crippen molar-refractivity contribution in [3.05, 3.63) is 40.9 Å². The average molecular weight is 281 g/mol. The van der Waals surface area contributed by atoms with E-state index in [1.54, 1.807) is 0 Å². The average Bonchev–Trinajstić information content (AvgIpc) is 2.74. The van der Waals surface area contributed by atoms with E-state index >= 15 is 0 Å². The van der Waals surface area contributed by atoms with Crippen LogP contribution in [0.5, 0.6) is 0 Å². The van der Waals surface area contributed by atoms with Crippen molar-refractivity contribution in [1.82, 2.24) is 14.8 Å². The molecule has 0 aliphatic rings. The van der Waals surface area contributed by atoms with E-state index < -0.39 is 0 Å². The van der Waals surface area contributed by atoms with Gasteiger partial charge in [0.25, 0.3) is 0 Å². The summed E-state index contributed by atoms with van der Waals surface area (Å²) in [4.78, 5) is 4.34. The van der Waals surface area contributed by atoms with Crippen LogP contribution in [0.4, 0.5) is 5.69 Å². The van der Waals surface area contributed by atoms with E-state index in [1.165, 1.54) is 0 Å². The molecule has 2 aromatic rings. The van der Waals surface area contributed by atoms with Crippen LogP contribution in [0, 0.1) is 0 Å². The predicted octanol–water partition coefficient (Wildman–Crippen LogP) is 2.67. The van der Waals surface area contributed by atoms with Gasteiger partial charge in [0.05, 0.1) is 24.1 Å². The van der Waals surface area contributed by atoms with Crippen LogP contribution in [0.25, 0.3) is 0 Å². The molecule has 2 rings (SSSR count). The number of anilines is 1. The molecule has 2 heterocycles. The van der Waals surface area contributed by atoms with Crippen LogP contribution >= 0.6 is 15.9 Å². The van der Waals surface area contributed by atoms with Crippen LogP contribution in [0.15, 0.2) is 35.2 Å². The Morgan fingerprint density at radius 3 is 3.00 bits per heavy atom. The number of rotatable bonds is 4. The molecule has 1 N–H and O–H groups in total. The molecule has 0 fully saturated rings. The second-order valence-corrected chi connectivity index (χ2v) is 4.20. The monoisotopic (exact) mass is 280 g/mol. The van der Waals surface area contributed by atoms with Gasteiger partial charge in [-0.15, -0.1) is 0 Å². The minimum Gasteiger partial charge on any atom is -0.377 e. The quantitative estimate of drug-likeness (QED) is 0.876. The molecule has 0 unspecified atom stereocenters. The van der Waals surface area contributed by atoms with Crippen molar-refractivity contribution >= 4 is 21.6 Å². The van der Waals surface area contributed by atoms with E-state index in [2.05, 4.69) is 38.3 Å². The zero-order chi connectivity index (χ0) is 11.4. The zero-order valence-corrected chi connectivity index (χ0v) is 10.6. The maximum absolute atomic E-state index is 4.34. The number of nitrogens with one attached hydrogen (secondary N) is 1. The van der Waals surface area contributed by atoms with Crippen LogP contribution in [0.1, 0.15) is 12.6 Å². The molecule has 0 aliphatic heterocycles. The Balaban J connectivity index is 1.96. The molecular formula is C11H13BrN4. The third-order valence-corrected chi connectivity index (χ3v) is 2.65. The first kappa shape index (κ1) is 11.1.